The number of carbonyl (C=O) groups excluding carboxylic acids is 3. The molecule has 0 bridgehead atoms. The summed E-state index contributed by atoms with van der Waals surface area (Å²) in [5, 5.41) is 2.62. The Morgan fingerprint density at radius 1 is 1.14 bits per heavy atom. The smallest absolute Gasteiger partial charge is 0.285 e. The average molecular weight is 419 g/mol. The van der Waals surface area contributed by atoms with E-state index in [0.717, 1.165) is 27.6 Å². The first kappa shape index (κ1) is 20.8. The second-order valence-corrected chi connectivity index (χ2v) is 7.80. The normalized spacial score (nSPS) is 16.1. The van der Waals surface area contributed by atoms with Crippen LogP contribution in [-0.2, 0) is 9.59 Å². The van der Waals surface area contributed by atoms with Gasteiger partial charge in [0.15, 0.2) is 0 Å². The Balaban J connectivity index is 1.63. The van der Waals surface area contributed by atoms with Crippen LogP contribution < -0.4 is 10.2 Å². The molecule has 2 aromatic carbocycles. The highest BCUT2D eigenvalue weighted by Crippen LogP contribution is 2.29. The van der Waals surface area contributed by atoms with Gasteiger partial charge in [-0.2, -0.15) is 0 Å². The third-order valence-electron chi connectivity index (χ3n) is 4.39. The third kappa shape index (κ3) is 4.92. The standard InChI is InChI=1S/C20H19F2N3O3S/c1-24(2)20(28)29-15-6-4-14(5-7-15)23-19(27)12-9-18(26)25(11-12)17-8-3-13(21)10-16(17)22/h3-8,10,12H,9,11H2,1-2H3,(H,23,27). The zero-order chi connectivity index (χ0) is 21.1. The van der Waals surface area contributed by atoms with Crippen molar-refractivity contribution in [3.8, 4) is 0 Å². The van der Waals surface area contributed by atoms with Gasteiger partial charge in [-0.05, 0) is 48.2 Å². The molecule has 3 rings (SSSR count). The highest BCUT2D eigenvalue weighted by atomic mass is 32.2. The minimum atomic E-state index is -0.847. The molecule has 0 radical (unpaired) electrons. The zero-order valence-electron chi connectivity index (χ0n) is 15.8. The fourth-order valence-electron chi connectivity index (χ4n) is 2.86. The lowest BCUT2D eigenvalue weighted by molar-refractivity contribution is -0.122. The van der Waals surface area contributed by atoms with Crippen molar-refractivity contribution in [2.24, 2.45) is 5.92 Å². The summed E-state index contributed by atoms with van der Waals surface area (Å²) in [6, 6.07) is 9.71. The van der Waals surface area contributed by atoms with Crippen molar-refractivity contribution < 1.29 is 23.2 Å². The molecular weight excluding hydrogens is 400 g/mol. The highest BCUT2D eigenvalue weighted by Gasteiger charge is 2.36. The van der Waals surface area contributed by atoms with Gasteiger partial charge in [0.2, 0.25) is 11.8 Å². The van der Waals surface area contributed by atoms with Crippen LogP contribution in [0.15, 0.2) is 47.4 Å². The Bertz CT molecular complexity index is 950. The van der Waals surface area contributed by atoms with Gasteiger partial charge in [-0.15, -0.1) is 0 Å². The van der Waals surface area contributed by atoms with E-state index in [2.05, 4.69) is 5.32 Å². The Labute approximate surface area is 170 Å². The Hall–Kier alpha value is -2.94. The number of thioether (sulfide) groups is 1. The van der Waals surface area contributed by atoms with Crippen molar-refractivity contribution in [2.75, 3.05) is 30.9 Å². The molecule has 2 aromatic rings. The molecule has 1 aliphatic rings. The summed E-state index contributed by atoms with van der Waals surface area (Å²) in [7, 11) is 3.32. The number of anilines is 2. The number of halogens is 2. The molecule has 9 heteroatoms. The molecule has 1 N–H and O–H groups in total. The number of carbonyl (C=O) groups is 3. The summed E-state index contributed by atoms with van der Waals surface area (Å²) < 4.78 is 27.1. The molecule has 0 aromatic heterocycles. The maximum absolute atomic E-state index is 14.0. The van der Waals surface area contributed by atoms with Crippen molar-refractivity contribution in [2.45, 2.75) is 11.3 Å². The molecule has 0 saturated carbocycles. The lowest BCUT2D eigenvalue weighted by Crippen LogP contribution is -2.28. The molecule has 1 atom stereocenters. The summed E-state index contributed by atoms with van der Waals surface area (Å²) in [5.74, 6) is -3.00. The van der Waals surface area contributed by atoms with E-state index in [-0.39, 0.29) is 29.8 Å². The molecule has 0 aliphatic carbocycles. The number of nitrogens with one attached hydrogen (secondary N) is 1. The van der Waals surface area contributed by atoms with E-state index in [0.29, 0.717) is 11.8 Å². The maximum Gasteiger partial charge on any atom is 0.285 e. The van der Waals surface area contributed by atoms with Gasteiger partial charge < -0.3 is 15.1 Å². The number of hydrogen-bond acceptors (Lipinski definition) is 4. The van der Waals surface area contributed by atoms with Gasteiger partial charge >= 0.3 is 0 Å². The molecule has 6 nitrogen and oxygen atoms in total. The number of amides is 3. The largest absolute Gasteiger partial charge is 0.339 e. The summed E-state index contributed by atoms with van der Waals surface area (Å²) in [4.78, 5) is 39.8. The molecule has 0 spiro atoms. The zero-order valence-corrected chi connectivity index (χ0v) is 16.6. The van der Waals surface area contributed by atoms with E-state index >= 15 is 0 Å². The third-order valence-corrected chi connectivity index (χ3v) is 5.44. The van der Waals surface area contributed by atoms with Gasteiger partial charge in [0.1, 0.15) is 11.6 Å². The van der Waals surface area contributed by atoms with Crippen LogP contribution in [0.25, 0.3) is 0 Å². The van der Waals surface area contributed by atoms with Crippen molar-refractivity contribution in [1.82, 2.24) is 4.90 Å². The first-order valence-electron chi connectivity index (χ1n) is 8.80. The van der Waals surface area contributed by atoms with Gasteiger partial charge in [-0.3, -0.25) is 14.4 Å². The van der Waals surface area contributed by atoms with Crippen LogP contribution in [0.1, 0.15) is 6.42 Å². The Morgan fingerprint density at radius 3 is 2.45 bits per heavy atom. The molecule has 1 unspecified atom stereocenters. The molecule has 1 fully saturated rings. The fourth-order valence-corrected chi connectivity index (χ4v) is 3.52. The molecule has 1 saturated heterocycles. The summed E-state index contributed by atoms with van der Waals surface area (Å²) in [6.07, 6.45) is -0.0616. The minimum absolute atomic E-state index is 0.0124. The molecule has 1 aliphatic heterocycles. The van der Waals surface area contributed by atoms with Gasteiger partial charge in [0.25, 0.3) is 5.24 Å². The van der Waals surface area contributed by atoms with Crippen LogP contribution >= 0.6 is 11.8 Å². The Kier molecular flexibility index (Phi) is 6.17. The topological polar surface area (TPSA) is 69.7 Å². The lowest BCUT2D eigenvalue weighted by Gasteiger charge is -2.17. The van der Waals surface area contributed by atoms with E-state index in [9.17, 15) is 23.2 Å². The molecule has 152 valence electrons. The summed E-state index contributed by atoms with van der Waals surface area (Å²) in [5.41, 5.74) is 0.481. The number of benzene rings is 2. The number of rotatable bonds is 4. The lowest BCUT2D eigenvalue weighted by atomic mass is 10.1. The molecule has 29 heavy (non-hydrogen) atoms. The van der Waals surface area contributed by atoms with Crippen molar-refractivity contribution >= 4 is 40.2 Å². The van der Waals surface area contributed by atoms with Crippen molar-refractivity contribution in [3.63, 3.8) is 0 Å². The van der Waals surface area contributed by atoms with Gasteiger partial charge in [-0.1, -0.05) is 0 Å². The van der Waals surface area contributed by atoms with E-state index in [4.69, 9.17) is 0 Å². The predicted octanol–water partition coefficient (Wildman–Crippen LogP) is 3.73. The monoisotopic (exact) mass is 419 g/mol. The average Bonchev–Trinajstić information content (AvgIpc) is 3.05. The van der Waals surface area contributed by atoms with Crippen LogP contribution in [-0.4, -0.2) is 42.6 Å². The van der Waals surface area contributed by atoms with Crippen LogP contribution in [0.3, 0.4) is 0 Å². The second-order valence-electron chi connectivity index (χ2n) is 6.78. The SMILES string of the molecule is CN(C)C(=O)Sc1ccc(NC(=O)C2CC(=O)N(c3ccc(F)cc3F)C2)cc1. The van der Waals surface area contributed by atoms with Crippen LogP contribution in [0.4, 0.5) is 25.0 Å². The summed E-state index contributed by atoms with van der Waals surface area (Å²) in [6.45, 7) is 0.0124. The fraction of sp³-hybridized carbons (Fsp3) is 0.250. The summed E-state index contributed by atoms with van der Waals surface area (Å²) >= 11 is 1.07. The number of nitrogens with zero attached hydrogens (tertiary/aromatic N) is 2. The highest BCUT2D eigenvalue weighted by molar-refractivity contribution is 8.13. The maximum atomic E-state index is 14.0. The Morgan fingerprint density at radius 2 is 1.83 bits per heavy atom. The molecule has 3 amide bonds. The van der Waals surface area contributed by atoms with E-state index in [1.54, 1.807) is 38.4 Å². The van der Waals surface area contributed by atoms with E-state index < -0.39 is 23.5 Å². The van der Waals surface area contributed by atoms with Crippen molar-refractivity contribution in [3.05, 3.63) is 54.1 Å². The van der Waals surface area contributed by atoms with Gasteiger partial charge in [0, 0.05) is 43.7 Å². The first-order chi connectivity index (χ1) is 13.7. The molecule has 1 heterocycles. The van der Waals surface area contributed by atoms with Gasteiger partial charge in [0.05, 0.1) is 11.6 Å². The van der Waals surface area contributed by atoms with Crippen LogP contribution in [0.5, 0.6) is 0 Å². The van der Waals surface area contributed by atoms with Crippen molar-refractivity contribution in [1.29, 1.82) is 0 Å². The van der Waals surface area contributed by atoms with Crippen LogP contribution in [0.2, 0.25) is 0 Å². The quantitative estimate of drug-likeness (QED) is 0.767. The second kappa shape index (κ2) is 8.60. The van der Waals surface area contributed by atoms with E-state index in [1.807, 2.05) is 0 Å². The number of hydrogen-bond donors (Lipinski definition) is 1. The van der Waals surface area contributed by atoms with E-state index in [1.165, 1.54) is 11.0 Å². The predicted molar refractivity (Wildman–Crippen MR) is 107 cm³/mol. The van der Waals surface area contributed by atoms with Gasteiger partial charge in [-0.25, -0.2) is 8.78 Å². The molecular formula is C20H19F2N3O3S. The first-order valence-corrected chi connectivity index (χ1v) is 9.61. The van der Waals surface area contributed by atoms with Crippen LogP contribution in [0, 0.1) is 17.6 Å². The minimum Gasteiger partial charge on any atom is -0.339 e.